The van der Waals surface area contributed by atoms with Crippen molar-refractivity contribution in [2.45, 2.75) is 17.7 Å². The van der Waals surface area contributed by atoms with Crippen molar-refractivity contribution in [3.8, 4) is 22.4 Å². The van der Waals surface area contributed by atoms with Crippen LogP contribution in [-0.4, -0.2) is 27.2 Å². The van der Waals surface area contributed by atoms with Crippen LogP contribution in [0.25, 0.3) is 28.0 Å². The van der Waals surface area contributed by atoms with E-state index in [2.05, 4.69) is 4.98 Å². The van der Waals surface area contributed by atoms with Gasteiger partial charge in [0.05, 0.1) is 12.3 Å². The summed E-state index contributed by atoms with van der Waals surface area (Å²) in [7, 11) is 0. The molecule has 0 bridgehead atoms. The Bertz CT molecular complexity index is 1540. The molecule has 0 aliphatic heterocycles. The van der Waals surface area contributed by atoms with Crippen molar-refractivity contribution in [2.75, 3.05) is 6.61 Å². The highest BCUT2D eigenvalue weighted by atomic mass is 35.5. The summed E-state index contributed by atoms with van der Waals surface area (Å²) >= 11 is 14.2. The van der Waals surface area contributed by atoms with Crippen LogP contribution in [0.15, 0.2) is 90.1 Å². The van der Waals surface area contributed by atoms with E-state index in [1.54, 1.807) is 17.6 Å². The van der Waals surface area contributed by atoms with Gasteiger partial charge in [-0.2, -0.15) is 5.10 Å². The second-order valence-electron chi connectivity index (χ2n) is 7.92. The number of hydrogen-bond donors (Lipinski definition) is 0. The first kappa shape index (κ1) is 24.4. The van der Waals surface area contributed by atoms with Gasteiger partial charge < -0.3 is 4.74 Å². The van der Waals surface area contributed by atoms with Crippen molar-refractivity contribution in [1.82, 2.24) is 14.6 Å². The van der Waals surface area contributed by atoms with Crippen LogP contribution < -0.4 is 0 Å². The zero-order chi connectivity index (χ0) is 25.1. The van der Waals surface area contributed by atoms with Crippen LogP contribution in [0.4, 0.5) is 0 Å². The molecule has 0 fully saturated rings. The van der Waals surface area contributed by atoms with Gasteiger partial charge >= 0.3 is 5.97 Å². The van der Waals surface area contributed by atoms with Gasteiger partial charge in [0.15, 0.2) is 5.65 Å². The molecule has 0 aliphatic carbocycles. The third-order valence-electron chi connectivity index (χ3n) is 5.59. The molecule has 0 saturated carbocycles. The van der Waals surface area contributed by atoms with Gasteiger partial charge in [0.1, 0.15) is 10.6 Å². The van der Waals surface area contributed by atoms with Crippen LogP contribution >= 0.6 is 35.0 Å². The molecule has 8 heteroatoms. The van der Waals surface area contributed by atoms with Crippen LogP contribution in [-0.2, 0) is 10.5 Å². The number of hydrogen-bond acceptors (Lipinski definition) is 5. The molecule has 0 N–H and O–H groups in total. The highest BCUT2D eigenvalue weighted by molar-refractivity contribution is 7.98. The highest BCUT2D eigenvalue weighted by Crippen LogP contribution is 2.38. The van der Waals surface area contributed by atoms with Gasteiger partial charge in [-0.05, 0) is 30.7 Å². The largest absolute Gasteiger partial charge is 0.462 e. The number of fused-ring (bicyclic) bond motifs is 1. The van der Waals surface area contributed by atoms with E-state index in [-0.39, 0.29) is 6.61 Å². The van der Waals surface area contributed by atoms with E-state index in [1.165, 1.54) is 11.8 Å². The minimum absolute atomic E-state index is 0.251. The van der Waals surface area contributed by atoms with Crippen LogP contribution in [0.3, 0.4) is 0 Å². The van der Waals surface area contributed by atoms with Gasteiger partial charge in [-0.15, -0.1) is 0 Å². The normalized spacial score (nSPS) is 11.1. The van der Waals surface area contributed by atoms with Crippen LogP contribution in [0.2, 0.25) is 10.0 Å². The fourth-order valence-electron chi connectivity index (χ4n) is 3.94. The van der Waals surface area contributed by atoms with Gasteiger partial charge in [-0.3, -0.25) is 0 Å². The summed E-state index contributed by atoms with van der Waals surface area (Å²) in [5.41, 5.74) is 5.10. The summed E-state index contributed by atoms with van der Waals surface area (Å²) in [6.07, 6.45) is 1.73. The van der Waals surface area contributed by atoms with E-state index in [9.17, 15) is 4.79 Å². The molecule has 0 unspecified atom stereocenters. The summed E-state index contributed by atoms with van der Waals surface area (Å²) in [6.45, 7) is 2.03. The molecule has 180 valence electrons. The molecular weight excluding hydrogens is 513 g/mol. The minimum atomic E-state index is -0.455. The number of halogens is 2. The Hall–Kier alpha value is -3.32. The maximum atomic E-state index is 13.1. The number of carbonyl (C=O) groups is 1. The van der Waals surface area contributed by atoms with Gasteiger partial charge in [0, 0.05) is 38.7 Å². The van der Waals surface area contributed by atoms with Crippen molar-refractivity contribution in [2.24, 2.45) is 0 Å². The fraction of sp³-hybridized carbons (Fsp3) is 0.107. The molecule has 2 aromatic heterocycles. The Morgan fingerprint density at radius 1 is 0.944 bits per heavy atom. The molecule has 0 radical (unpaired) electrons. The maximum Gasteiger partial charge on any atom is 0.344 e. The average Bonchev–Trinajstić information content (AvgIpc) is 3.27. The standard InChI is InChI=1S/C28H21Cl2N3O2S/c1-2-35-28(34)24-26-31-16-22(21-10-6-7-11-23(21)30)25(19-12-14-20(29)15-13-19)33(26)32-27(24)36-17-18-8-4-3-5-9-18/h3-16H,2,17H2,1H3. The second kappa shape index (κ2) is 10.7. The lowest BCUT2D eigenvalue weighted by Crippen LogP contribution is -2.07. The predicted molar refractivity (Wildman–Crippen MR) is 146 cm³/mol. The molecule has 0 saturated heterocycles. The third kappa shape index (κ3) is 4.85. The maximum absolute atomic E-state index is 13.1. The number of rotatable bonds is 7. The van der Waals surface area contributed by atoms with Crippen molar-refractivity contribution in [1.29, 1.82) is 0 Å². The number of aromatic nitrogens is 3. The number of nitrogens with zero attached hydrogens (tertiary/aromatic N) is 3. The van der Waals surface area contributed by atoms with Crippen LogP contribution in [0, 0.1) is 0 Å². The summed E-state index contributed by atoms with van der Waals surface area (Å²) < 4.78 is 7.11. The van der Waals surface area contributed by atoms with Crippen LogP contribution in [0.5, 0.6) is 0 Å². The Morgan fingerprint density at radius 2 is 1.67 bits per heavy atom. The molecular formula is C28H21Cl2N3O2S. The summed E-state index contributed by atoms with van der Waals surface area (Å²) in [4.78, 5) is 17.8. The van der Waals surface area contributed by atoms with E-state index >= 15 is 0 Å². The van der Waals surface area contributed by atoms with Gasteiger partial charge in [0.25, 0.3) is 0 Å². The van der Waals surface area contributed by atoms with E-state index in [1.807, 2.05) is 78.9 Å². The number of esters is 1. The quantitative estimate of drug-likeness (QED) is 0.157. The minimum Gasteiger partial charge on any atom is -0.462 e. The first-order chi connectivity index (χ1) is 17.6. The van der Waals surface area contributed by atoms with Gasteiger partial charge in [-0.25, -0.2) is 14.3 Å². The fourth-order valence-corrected chi connectivity index (χ4v) is 5.25. The second-order valence-corrected chi connectivity index (χ2v) is 9.73. The lowest BCUT2D eigenvalue weighted by atomic mass is 10.0. The Morgan fingerprint density at radius 3 is 2.39 bits per heavy atom. The molecule has 5 aromatic rings. The molecule has 5 nitrogen and oxygen atoms in total. The Kier molecular flexibility index (Phi) is 7.28. The van der Waals surface area contributed by atoms with Gasteiger partial charge in [-0.1, -0.05) is 95.6 Å². The van der Waals surface area contributed by atoms with Crippen LogP contribution in [0.1, 0.15) is 22.8 Å². The molecule has 0 amide bonds. The van der Waals surface area contributed by atoms with Crippen molar-refractivity contribution in [3.63, 3.8) is 0 Å². The topological polar surface area (TPSA) is 56.5 Å². The number of ether oxygens (including phenoxy) is 1. The van der Waals surface area contributed by atoms with E-state index in [0.717, 1.165) is 27.9 Å². The molecule has 36 heavy (non-hydrogen) atoms. The van der Waals surface area contributed by atoms with Crippen molar-refractivity contribution >= 4 is 46.6 Å². The SMILES string of the molecule is CCOC(=O)c1c(SCc2ccccc2)nn2c(-c3ccc(Cl)cc3)c(-c3ccccc3Cl)cnc12. The molecule has 0 aliphatic rings. The van der Waals surface area contributed by atoms with E-state index < -0.39 is 5.97 Å². The molecule has 3 aromatic carbocycles. The Balaban J connectivity index is 1.75. The van der Waals surface area contributed by atoms with E-state index in [4.69, 9.17) is 33.0 Å². The lowest BCUT2D eigenvalue weighted by molar-refractivity contribution is 0.0524. The summed E-state index contributed by atoms with van der Waals surface area (Å²) in [5, 5.41) is 6.65. The average molecular weight is 534 g/mol. The zero-order valence-electron chi connectivity index (χ0n) is 19.3. The lowest BCUT2D eigenvalue weighted by Gasteiger charge is -2.13. The molecule has 2 heterocycles. The van der Waals surface area contributed by atoms with Crippen molar-refractivity contribution in [3.05, 3.63) is 106 Å². The smallest absolute Gasteiger partial charge is 0.344 e. The highest BCUT2D eigenvalue weighted by Gasteiger charge is 2.26. The van der Waals surface area contributed by atoms with Gasteiger partial charge in [0.2, 0.25) is 0 Å². The third-order valence-corrected chi connectivity index (χ3v) is 7.21. The Labute approximate surface area is 223 Å². The molecule has 0 spiro atoms. The summed E-state index contributed by atoms with van der Waals surface area (Å²) in [5.74, 6) is 0.188. The van der Waals surface area contributed by atoms with E-state index in [0.29, 0.717) is 32.0 Å². The first-order valence-corrected chi connectivity index (χ1v) is 13.1. The number of benzene rings is 3. The number of carbonyl (C=O) groups excluding carboxylic acids is 1. The molecule has 5 rings (SSSR count). The van der Waals surface area contributed by atoms with Crippen molar-refractivity contribution < 1.29 is 9.53 Å². The predicted octanol–water partition coefficient (Wildman–Crippen LogP) is 7.84. The number of thioether (sulfide) groups is 1. The monoisotopic (exact) mass is 533 g/mol. The zero-order valence-corrected chi connectivity index (χ0v) is 21.6. The molecule has 0 atom stereocenters. The summed E-state index contributed by atoms with van der Waals surface area (Å²) in [6, 6.07) is 25.1. The first-order valence-electron chi connectivity index (χ1n) is 11.3.